The molecular weight excluding hydrogens is 268 g/mol. The van der Waals surface area contributed by atoms with Crippen molar-refractivity contribution in [2.75, 3.05) is 0 Å². The summed E-state index contributed by atoms with van der Waals surface area (Å²) in [6, 6.07) is 3.16. The van der Waals surface area contributed by atoms with Crippen molar-refractivity contribution in [2.45, 2.75) is 18.0 Å². The Morgan fingerprint density at radius 3 is 2.11 bits per heavy atom. The molecule has 0 fully saturated rings. The van der Waals surface area contributed by atoms with Crippen LogP contribution in [-0.4, -0.2) is 22.8 Å². The molecule has 0 aromatic heterocycles. The van der Waals surface area contributed by atoms with Crippen molar-refractivity contribution in [1.82, 2.24) is 0 Å². The van der Waals surface area contributed by atoms with E-state index >= 15 is 0 Å². The van der Waals surface area contributed by atoms with E-state index in [-0.39, 0.29) is 11.1 Å². The molecular formula is C8H8N2O7S. The number of hydrogen-bond donors (Lipinski definition) is 1. The minimum atomic E-state index is -4.59. The summed E-state index contributed by atoms with van der Waals surface area (Å²) in [4.78, 5) is 18.3. The van der Waals surface area contributed by atoms with Gasteiger partial charge in [-0.25, -0.2) is 0 Å². The van der Waals surface area contributed by atoms with Crippen molar-refractivity contribution in [3.8, 4) is 0 Å². The molecule has 0 saturated heterocycles. The molecule has 0 atom stereocenters. The first-order chi connectivity index (χ1) is 8.16. The van der Waals surface area contributed by atoms with Gasteiger partial charge in [0.15, 0.2) is 0 Å². The molecule has 1 aromatic carbocycles. The molecule has 0 aliphatic carbocycles. The third-order valence-electron chi connectivity index (χ3n) is 2.28. The molecule has 0 aliphatic rings. The van der Waals surface area contributed by atoms with Crippen LogP contribution in [0.2, 0.25) is 0 Å². The molecule has 0 aliphatic heterocycles. The van der Waals surface area contributed by atoms with Crippen LogP contribution in [0.3, 0.4) is 0 Å². The van der Waals surface area contributed by atoms with Crippen molar-refractivity contribution >= 4 is 10.1 Å². The van der Waals surface area contributed by atoms with E-state index in [0.717, 1.165) is 25.1 Å². The van der Waals surface area contributed by atoms with Crippen molar-refractivity contribution in [2.24, 2.45) is 0 Å². The summed E-state index contributed by atoms with van der Waals surface area (Å²) in [5.74, 6) is 0. The highest BCUT2D eigenvalue weighted by molar-refractivity contribution is 7.85. The van der Waals surface area contributed by atoms with E-state index in [9.17, 15) is 28.6 Å². The van der Waals surface area contributed by atoms with Gasteiger partial charge < -0.3 is 0 Å². The Labute approximate surface area is 101 Å². The second-order valence-electron chi connectivity index (χ2n) is 3.39. The summed E-state index contributed by atoms with van der Waals surface area (Å²) in [6.07, 6.45) is -2.27. The maximum absolute atomic E-state index is 11.0. The second kappa shape index (κ2) is 4.66. The molecule has 9 nitrogen and oxygen atoms in total. The fourth-order valence-electron chi connectivity index (χ4n) is 1.49. The lowest BCUT2D eigenvalue weighted by molar-refractivity contribution is -0.752. The smallest absolute Gasteiger partial charge is 0.282 e. The molecule has 98 valence electrons. The monoisotopic (exact) mass is 276 g/mol. The Hall–Kier alpha value is -2.07. The number of benzene rings is 1. The van der Waals surface area contributed by atoms with Gasteiger partial charge in [0.1, 0.15) is 15.4 Å². The second-order valence-corrected chi connectivity index (χ2v) is 4.78. The van der Waals surface area contributed by atoms with E-state index in [1.807, 2.05) is 0 Å². The zero-order valence-electron chi connectivity index (χ0n) is 9.01. The first-order valence-electron chi connectivity index (χ1n) is 4.50. The lowest BCUT2D eigenvalue weighted by Crippen LogP contribution is -2.21. The van der Waals surface area contributed by atoms with Crippen LogP contribution in [0.25, 0.3) is 0 Å². The Morgan fingerprint density at radius 2 is 1.72 bits per heavy atom. The first-order valence-corrected chi connectivity index (χ1v) is 5.94. The van der Waals surface area contributed by atoms with E-state index in [4.69, 9.17) is 4.55 Å². The van der Waals surface area contributed by atoms with Crippen molar-refractivity contribution in [1.29, 1.82) is 0 Å². The zero-order valence-corrected chi connectivity index (χ0v) is 9.83. The lowest BCUT2D eigenvalue weighted by Gasteiger charge is -2.08. The lowest BCUT2D eigenvalue weighted by atomic mass is 10.1. The van der Waals surface area contributed by atoms with Crippen LogP contribution in [0.5, 0.6) is 0 Å². The van der Waals surface area contributed by atoms with Gasteiger partial charge in [0.05, 0.1) is 4.90 Å². The molecule has 0 heterocycles. The van der Waals surface area contributed by atoms with Gasteiger partial charge in [-0.1, -0.05) is 6.07 Å². The van der Waals surface area contributed by atoms with Gasteiger partial charge >= 0.3 is 6.17 Å². The van der Waals surface area contributed by atoms with Crippen LogP contribution in [0.1, 0.15) is 17.3 Å². The molecule has 1 rings (SSSR count). The average Bonchev–Trinajstić information content (AvgIpc) is 2.17. The third kappa shape index (κ3) is 2.60. The summed E-state index contributed by atoms with van der Waals surface area (Å²) >= 11 is 0. The molecule has 0 saturated carbocycles. The Balaban J connectivity index is 3.53. The molecule has 0 bridgehead atoms. The van der Waals surface area contributed by atoms with Gasteiger partial charge in [-0.3, -0.25) is 24.8 Å². The summed E-state index contributed by atoms with van der Waals surface area (Å²) in [7, 11) is -4.59. The fraction of sp³-hybridized carbons (Fsp3) is 0.250. The van der Waals surface area contributed by atoms with Crippen molar-refractivity contribution < 1.29 is 22.8 Å². The van der Waals surface area contributed by atoms with E-state index in [1.165, 1.54) is 0 Å². The highest BCUT2D eigenvalue weighted by Crippen LogP contribution is 2.26. The van der Waals surface area contributed by atoms with Gasteiger partial charge in [0.25, 0.3) is 10.1 Å². The summed E-state index contributed by atoms with van der Waals surface area (Å²) in [6.45, 7) is 1.15. The predicted octanol–water partition coefficient (Wildman–Crippen LogP) is 0.794. The molecule has 1 aromatic rings. The normalized spacial score (nSPS) is 11.5. The highest BCUT2D eigenvalue weighted by Gasteiger charge is 2.37. The van der Waals surface area contributed by atoms with Gasteiger partial charge in [0.2, 0.25) is 0 Å². The summed E-state index contributed by atoms with van der Waals surface area (Å²) in [5.41, 5.74) is -0.612. The van der Waals surface area contributed by atoms with Crippen LogP contribution in [0, 0.1) is 27.2 Å². The number of nitro groups is 2. The molecule has 0 radical (unpaired) electrons. The van der Waals surface area contributed by atoms with Crippen LogP contribution in [0.4, 0.5) is 0 Å². The van der Waals surface area contributed by atoms with Crippen LogP contribution in [-0.2, 0) is 10.1 Å². The van der Waals surface area contributed by atoms with Crippen LogP contribution in [0.15, 0.2) is 23.1 Å². The number of nitrogens with zero attached hydrogens (tertiary/aromatic N) is 2. The van der Waals surface area contributed by atoms with Crippen LogP contribution < -0.4 is 0 Å². The number of hydrogen-bond acceptors (Lipinski definition) is 6. The maximum atomic E-state index is 11.0. The van der Waals surface area contributed by atoms with Gasteiger partial charge in [0, 0.05) is 0 Å². The first kappa shape index (κ1) is 14.0. The minimum Gasteiger partial charge on any atom is -0.282 e. The standard InChI is InChI=1S/C8H8N2O7S/c1-5-6(8(9(11)12)10(13)14)3-2-4-7(5)18(15,16)17/h2-4,8H,1H3,(H,15,16,17). The predicted molar refractivity (Wildman–Crippen MR) is 57.7 cm³/mol. The molecule has 1 N–H and O–H groups in total. The summed E-state index contributed by atoms with van der Waals surface area (Å²) in [5, 5.41) is 21.2. The Morgan fingerprint density at radius 1 is 1.22 bits per heavy atom. The summed E-state index contributed by atoms with van der Waals surface area (Å²) < 4.78 is 30.9. The molecule has 18 heavy (non-hydrogen) atoms. The molecule has 0 unspecified atom stereocenters. The van der Waals surface area contributed by atoms with Crippen molar-refractivity contribution in [3.05, 3.63) is 49.6 Å². The van der Waals surface area contributed by atoms with E-state index in [2.05, 4.69) is 0 Å². The maximum Gasteiger partial charge on any atom is 0.476 e. The SMILES string of the molecule is Cc1c(C([N+](=O)[O-])[N+](=O)[O-])cccc1S(=O)(=O)O. The minimum absolute atomic E-state index is 0.224. The zero-order chi connectivity index (χ0) is 14.1. The van der Waals surface area contributed by atoms with Gasteiger partial charge in [-0.05, 0) is 24.6 Å². The van der Waals surface area contributed by atoms with E-state index < -0.39 is 31.0 Å². The Kier molecular flexibility index (Phi) is 3.62. The highest BCUT2D eigenvalue weighted by atomic mass is 32.2. The van der Waals surface area contributed by atoms with Gasteiger partial charge in [-0.2, -0.15) is 8.42 Å². The average molecular weight is 276 g/mol. The van der Waals surface area contributed by atoms with Gasteiger partial charge in [-0.15, -0.1) is 0 Å². The van der Waals surface area contributed by atoms with E-state index in [0.29, 0.717) is 0 Å². The molecule has 0 amide bonds. The molecule has 0 spiro atoms. The molecule has 10 heteroatoms. The van der Waals surface area contributed by atoms with Crippen LogP contribution >= 0.6 is 0 Å². The van der Waals surface area contributed by atoms with Crippen molar-refractivity contribution in [3.63, 3.8) is 0 Å². The topological polar surface area (TPSA) is 141 Å². The fourth-order valence-corrected chi connectivity index (χ4v) is 2.25. The van der Waals surface area contributed by atoms with E-state index in [1.54, 1.807) is 0 Å². The largest absolute Gasteiger partial charge is 0.476 e. The Bertz CT molecular complexity index is 596. The quantitative estimate of drug-likeness (QED) is 0.371. The number of rotatable bonds is 4. The third-order valence-corrected chi connectivity index (χ3v) is 3.28.